The topological polar surface area (TPSA) is 41.6 Å². The van der Waals surface area contributed by atoms with Crippen LogP contribution in [0.4, 0.5) is 0 Å². The first-order chi connectivity index (χ1) is 12.8. The second-order valence-corrected chi connectivity index (χ2v) is 6.86. The Kier molecular flexibility index (Phi) is 4.67. The Morgan fingerprint density at radius 1 is 0.962 bits per heavy atom. The van der Waals surface area contributed by atoms with E-state index in [2.05, 4.69) is 52.1 Å². The molecular weight excluding hydrogens is 338 g/mol. The smallest absolute Gasteiger partial charge is 0.0928 e. The highest BCUT2D eigenvalue weighted by Gasteiger charge is 2.06. The number of rotatable bonds is 5. The highest BCUT2D eigenvalue weighted by atomic mass is 32.2. The molecule has 2 heterocycles. The van der Waals surface area contributed by atoms with Gasteiger partial charge < -0.3 is 0 Å². The van der Waals surface area contributed by atoms with Gasteiger partial charge in [-0.2, -0.15) is 5.10 Å². The molecule has 0 saturated heterocycles. The van der Waals surface area contributed by atoms with Gasteiger partial charge in [0.1, 0.15) is 0 Å². The third-order valence-corrected chi connectivity index (χ3v) is 5.11. The van der Waals surface area contributed by atoms with E-state index in [1.165, 1.54) is 4.90 Å². The number of benzene rings is 2. The molecule has 26 heavy (non-hydrogen) atoms. The first-order valence-corrected chi connectivity index (χ1v) is 9.12. The minimum atomic E-state index is 0.911. The molecule has 0 aliphatic rings. The van der Waals surface area contributed by atoms with Crippen molar-refractivity contribution in [1.82, 2.24) is 15.2 Å². The standard InChI is InChI=1S/C22H17N3S/c1-2-16-7-3-4-9-22(16)26-18-11-12-19-20(24-25-21(19)15-18)13-10-17-8-5-6-14-23-17/h2-15H,1H2,(H,24,25)/b13-10+. The van der Waals surface area contributed by atoms with Gasteiger partial charge in [-0.15, -0.1) is 0 Å². The van der Waals surface area contributed by atoms with Gasteiger partial charge in [-0.25, -0.2) is 0 Å². The molecule has 2 aromatic heterocycles. The van der Waals surface area contributed by atoms with E-state index in [1.54, 1.807) is 18.0 Å². The van der Waals surface area contributed by atoms with Gasteiger partial charge in [-0.1, -0.05) is 48.7 Å². The molecule has 0 amide bonds. The van der Waals surface area contributed by atoms with Crippen LogP contribution in [-0.2, 0) is 0 Å². The second-order valence-electron chi connectivity index (χ2n) is 5.75. The molecule has 4 rings (SSSR count). The third-order valence-electron chi connectivity index (χ3n) is 4.03. The van der Waals surface area contributed by atoms with Crippen molar-refractivity contribution in [3.63, 3.8) is 0 Å². The highest BCUT2D eigenvalue weighted by Crippen LogP contribution is 2.33. The van der Waals surface area contributed by atoms with Crippen LogP contribution >= 0.6 is 11.8 Å². The molecule has 2 aromatic carbocycles. The molecule has 0 aliphatic carbocycles. The van der Waals surface area contributed by atoms with Gasteiger partial charge in [0.05, 0.1) is 16.9 Å². The van der Waals surface area contributed by atoms with Crippen LogP contribution < -0.4 is 0 Å². The number of hydrogen-bond acceptors (Lipinski definition) is 3. The van der Waals surface area contributed by atoms with Crippen LogP contribution in [0.1, 0.15) is 17.0 Å². The Bertz CT molecular complexity index is 1080. The minimum Gasteiger partial charge on any atom is -0.277 e. The lowest BCUT2D eigenvalue weighted by Gasteiger charge is -2.05. The number of aromatic amines is 1. The summed E-state index contributed by atoms with van der Waals surface area (Å²) in [5, 5.41) is 8.65. The summed E-state index contributed by atoms with van der Waals surface area (Å²) in [5.41, 5.74) is 3.98. The van der Waals surface area contributed by atoms with Crippen LogP contribution in [-0.4, -0.2) is 15.2 Å². The van der Waals surface area contributed by atoms with Crippen LogP contribution in [0.2, 0.25) is 0 Å². The van der Waals surface area contributed by atoms with E-state index >= 15 is 0 Å². The normalized spacial score (nSPS) is 11.2. The van der Waals surface area contributed by atoms with E-state index in [0.717, 1.165) is 32.7 Å². The van der Waals surface area contributed by atoms with Crippen molar-refractivity contribution >= 4 is 40.9 Å². The Morgan fingerprint density at radius 2 is 1.85 bits per heavy atom. The van der Waals surface area contributed by atoms with E-state index < -0.39 is 0 Å². The second kappa shape index (κ2) is 7.42. The number of hydrogen-bond donors (Lipinski definition) is 1. The number of fused-ring (bicyclic) bond motifs is 1. The maximum Gasteiger partial charge on any atom is 0.0928 e. The molecule has 0 spiro atoms. The molecule has 3 nitrogen and oxygen atoms in total. The molecule has 4 aromatic rings. The molecule has 0 saturated carbocycles. The van der Waals surface area contributed by atoms with E-state index in [4.69, 9.17) is 0 Å². The Labute approximate surface area is 156 Å². The summed E-state index contributed by atoms with van der Waals surface area (Å²) >= 11 is 1.73. The average molecular weight is 355 g/mol. The summed E-state index contributed by atoms with van der Waals surface area (Å²) in [4.78, 5) is 6.65. The molecule has 0 bridgehead atoms. The van der Waals surface area contributed by atoms with E-state index in [1.807, 2.05) is 48.6 Å². The van der Waals surface area contributed by atoms with E-state index in [-0.39, 0.29) is 0 Å². The fraction of sp³-hybridized carbons (Fsp3) is 0. The Balaban J connectivity index is 1.61. The van der Waals surface area contributed by atoms with Crippen molar-refractivity contribution in [3.05, 3.63) is 90.4 Å². The molecule has 126 valence electrons. The highest BCUT2D eigenvalue weighted by molar-refractivity contribution is 7.99. The van der Waals surface area contributed by atoms with Crippen molar-refractivity contribution in [2.45, 2.75) is 9.79 Å². The molecule has 0 unspecified atom stereocenters. The van der Waals surface area contributed by atoms with Gasteiger partial charge >= 0.3 is 0 Å². The fourth-order valence-electron chi connectivity index (χ4n) is 2.72. The van der Waals surface area contributed by atoms with Gasteiger partial charge in [0.2, 0.25) is 0 Å². The summed E-state index contributed by atoms with van der Waals surface area (Å²) in [5.74, 6) is 0. The number of nitrogens with one attached hydrogen (secondary N) is 1. The lowest BCUT2D eigenvalue weighted by molar-refractivity contribution is 1.10. The lowest BCUT2D eigenvalue weighted by Crippen LogP contribution is -1.80. The Morgan fingerprint density at radius 3 is 2.69 bits per heavy atom. The zero-order valence-corrected chi connectivity index (χ0v) is 14.9. The fourth-order valence-corrected chi connectivity index (χ4v) is 3.70. The van der Waals surface area contributed by atoms with Crippen LogP contribution in [0.25, 0.3) is 29.1 Å². The van der Waals surface area contributed by atoms with Crippen molar-refractivity contribution < 1.29 is 0 Å². The molecular formula is C22H17N3S. The first kappa shape index (κ1) is 16.4. The summed E-state index contributed by atoms with van der Waals surface area (Å²) in [6, 6.07) is 20.5. The van der Waals surface area contributed by atoms with Crippen LogP contribution in [0, 0.1) is 0 Å². The third kappa shape index (κ3) is 3.46. The van der Waals surface area contributed by atoms with E-state index in [0.29, 0.717) is 0 Å². The zero-order chi connectivity index (χ0) is 17.8. The Hall–Kier alpha value is -3.11. The van der Waals surface area contributed by atoms with Crippen LogP contribution in [0.5, 0.6) is 0 Å². The van der Waals surface area contributed by atoms with Gasteiger partial charge in [0.25, 0.3) is 0 Å². The zero-order valence-electron chi connectivity index (χ0n) is 14.1. The quantitative estimate of drug-likeness (QED) is 0.483. The van der Waals surface area contributed by atoms with Gasteiger partial charge in [0.15, 0.2) is 0 Å². The molecule has 0 fully saturated rings. The largest absolute Gasteiger partial charge is 0.277 e. The van der Waals surface area contributed by atoms with Gasteiger partial charge in [-0.3, -0.25) is 10.1 Å². The molecule has 0 radical (unpaired) electrons. The maximum atomic E-state index is 4.43. The first-order valence-electron chi connectivity index (χ1n) is 8.30. The molecule has 1 N–H and O–H groups in total. The molecule has 0 aliphatic heterocycles. The number of pyridine rings is 1. The van der Waals surface area contributed by atoms with Crippen molar-refractivity contribution in [2.75, 3.05) is 0 Å². The minimum absolute atomic E-state index is 0.911. The SMILES string of the molecule is C=Cc1ccccc1Sc1ccc2c(/C=C/c3ccccn3)n[nH]c2c1. The van der Waals surface area contributed by atoms with Gasteiger partial charge in [0, 0.05) is 21.4 Å². The lowest BCUT2D eigenvalue weighted by atomic mass is 10.2. The maximum absolute atomic E-state index is 4.43. The van der Waals surface area contributed by atoms with Crippen LogP contribution in [0.3, 0.4) is 0 Å². The average Bonchev–Trinajstić information content (AvgIpc) is 3.10. The predicted octanol–water partition coefficient (Wildman–Crippen LogP) is 5.92. The number of H-pyrrole nitrogens is 1. The number of aromatic nitrogens is 3. The summed E-state index contributed by atoms with van der Waals surface area (Å²) < 4.78 is 0. The molecule has 4 heteroatoms. The summed E-state index contributed by atoms with van der Waals surface area (Å²) in [7, 11) is 0. The number of nitrogens with zero attached hydrogens (tertiary/aromatic N) is 2. The molecule has 0 atom stereocenters. The van der Waals surface area contributed by atoms with Crippen molar-refractivity contribution in [2.24, 2.45) is 0 Å². The monoisotopic (exact) mass is 355 g/mol. The van der Waals surface area contributed by atoms with Crippen LogP contribution in [0.15, 0.2) is 83.2 Å². The van der Waals surface area contributed by atoms with Gasteiger partial charge in [-0.05, 0) is 54.1 Å². The summed E-state index contributed by atoms with van der Waals surface area (Å²) in [6.45, 7) is 3.89. The van der Waals surface area contributed by atoms with Crippen molar-refractivity contribution in [3.8, 4) is 0 Å². The summed E-state index contributed by atoms with van der Waals surface area (Å²) in [6.07, 6.45) is 7.63. The van der Waals surface area contributed by atoms with E-state index in [9.17, 15) is 0 Å². The van der Waals surface area contributed by atoms with Crippen molar-refractivity contribution in [1.29, 1.82) is 0 Å². The predicted molar refractivity (Wildman–Crippen MR) is 110 cm³/mol.